The molecule has 5 heteroatoms. The molecule has 0 amide bonds. The second-order valence-corrected chi connectivity index (χ2v) is 9.79. The number of rotatable bonds is 10. The van der Waals surface area contributed by atoms with E-state index >= 15 is 0 Å². The Hall–Kier alpha value is -1.14. The van der Waals surface area contributed by atoms with E-state index in [1.165, 1.54) is 77.2 Å². The lowest BCUT2D eigenvalue weighted by Gasteiger charge is -2.44. The first-order valence-electron chi connectivity index (χ1n) is 12.8. The number of piperazine rings is 1. The third-order valence-electron chi connectivity index (χ3n) is 7.53. The van der Waals surface area contributed by atoms with Crippen molar-refractivity contribution >= 4 is 0 Å². The lowest BCUT2D eigenvalue weighted by atomic mass is 9.73. The Morgan fingerprint density at radius 3 is 2.16 bits per heavy atom. The van der Waals surface area contributed by atoms with Crippen molar-refractivity contribution in [2.75, 3.05) is 78.7 Å². The third-order valence-corrected chi connectivity index (χ3v) is 7.53. The Morgan fingerprint density at radius 2 is 1.48 bits per heavy atom. The minimum absolute atomic E-state index is 0.222. The maximum atomic E-state index is 6.06. The fourth-order valence-corrected chi connectivity index (χ4v) is 5.60. The SMILES string of the molecule is CCCN1CCN(CC2(c3ccc(OCCCN4CCCC4)cc3)CCOCC2)CC1. The second kappa shape index (κ2) is 11.6. The van der Waals surface area contributed by atoms with Crippen LogP contribution in [0, 0.1) is 0 Å². The molecule has 0 aromatic heterocycles. The highest BCUT2D eigenvalue weighted by atomic mass is 16.5. The maximum absolute atomic E-state index is 6.06. The predicted molar refractivity (Wildman–Crippen MR) is 127 cm³/mol. The molecule has 3 heterocycles. The van der Waals surface area contributed by atoms with Crippen LogP contribution in [0.1, 0.15) is 51.0 Å². The van der Waals surface area contributed by atoms with Crippen LogP contribution in [-0.4, -0.2) is 93.4 Å². The van der Waals surface area contributed by atoms with Crippen LogP contribution in [0.2, 0.25) is 0 Å². The first kappa shape index (κ1) is 23.0. The van der Waals surface area contributed by atoms with Gasteiger partial charge < -0.3 is 19.3 Å². The molecule has 3 fully saturated rings. The van der Waals surface area contributed by atoms with Gasteiger partial charge in [0.05, 0.1) is 6.61 Å². The van der Waals surface area contributed by atoms with E-state index in [0.29, 0.717) is 0 Å². The van der Waals surface area contributed by atoms with Gasteiger partial charge in [0.15, 0.2) is 0 Å². The van der Waals surface area contributed by atoms with Crippen molar-refractivity contribution in [3.05, 3.63) is 29.8 Å². The number of hydrogen-bond donors (Lipinski definition) is 0. The quantitative estimate of drug-likeness (QED) is 0.530. The van der Waals surface area contributed by atoms with Crippen molar-refractivity contribution in [3.63, 3.8) is 0 Å². The van der Waals surface area contributed by atoms with Gasteiger partial charge >= 0.3 is 0 Å². The molecule has 0 unspecified atom stereocenters. The predicted octanol–water partition coefficient (Wildman–Crippen LogP) is 3.63. The Balaban J connectivity index is 1.30. The van der Waals surface area contributed by atoms with Crippen LogP contribution in [0.15, 0.2) is 24.3 Å². The normalized spacial score (nSPS) is 23.3. The highest BCUT2D eigenvalue weighted by molar-refractivity contribution is 5.33. The highest BCUT2D eigenvalue weighted by Crippen LogP contribution is 2.37. The number of nitrogens with zero attached hydrogens (tertiary/aromatic N) is 3. The monoisotopic (exact) mass is 429 g/mol. The molecule has 174 valence electrons. The topological polar surface area (TPSA) is 28.2 Å². The van der Waals surface area contributed by atoms with Crippen LogP contribution in [0.4, 0.5) is 0 Å². The van der Waals surface area contributed by atoms with Crippen LogP contribution >= 0.6 is 0 Å². The summed E-state index contributed by atoms with van der Waals surface area (Å²) in [6.45, 7) is 15.8. The van der Waals surface area contributed by atoms with Crippen molar-refractivity contribution in [2.24, 2.45) is 0 Å². The van der Waals surface area contributed by atoms with E-state index in [4.69, 9.17) is 9.47 Å². The summed E-state index contributed by atoms with van der Waals surface area (Å²) in [6, 6.07) is 9.05. The molecule has 4 rings (SSSR count). The molecular weight excluding hydrogens is 386 g/mol. The Bertz CT molecular complexity index is 631. The Labute approximate surface area is 189 Å². The number of benzene rings is 1. The number of ether oxygens (including phenoxy) is 2. The highest BCUT2D eigenvalue weighted by Gasteiger charge is 2.36. The lowest BCUT2D eigenvalue weighted by molar-refractivity contribution is 0.0242. The second-order valence-electron chi connectivity index (χ2n) is 9.79. The molecule has 3 aliphatic rings. The van der Waals surface area contributed by atoms with Gasteiger partial charge in [-0.2, -0.15) is 0 Å². The van der Waals surface area contributed by atoms with Crippen LogP contribution in [-0.2, 0) is 10.2 Å². The molecule has 3 saturated heterocycles. The zero-order valence-electron chi connectivity index (χ0n) is 19.7. The molecule has 0 saturated carbocycles. The van der Waals surface area contributed by atoms with Crippen molar-refractivity contribution < 1.29 is 9.47 Å². The first-order chi connectivity index (χ1) is 15.3. The summed E-state index contributed by atoms with van der Waals surface area (Å²) in [7, 11) is 0. The fourth-order valence-electron chi connectivity index (χ4n) is 5.60. The minimum atomic E-state index is 0.222. The Kier molecular flexibility index (Phi) is 8.65. The van der Waals surface area contributed by atoms with Crippen molar-refractivity contribution in [3.8, 4) is 5.75 Å². The molecule has 3 aliphatic heterocycles. The van der Waals surface area contributed by atoms with E-state index in [1.807, 2.05) is 0 Å². The molecule has 31 heavy (non-hydrogen) atoms. The fraction of sp³-hybridized carbons (Fsp3) is 0.769. The van der Waals surface area contributed by atoms with Gasteiger partial charge in [-0.05, 0) is 75.9 Å². The van der Waals surface area contributed by atoms with Gasteiger partial charge in [0, 0.05) is 57.9 Å². The molecule has 0 atom stereocenters. The zero-order valence-corrected chi connectivity index (χ0v) is 19.7. The molecular formula is C26H43N3O2. The molecule has 0 N–H and O–H groups in total. The van der Waals surface area contributed by atoms with Gasteiger partial charge in [-0.3, -0.25) is 4.90 Å². The van der Waals surface area contributed by atoms with Crippen LogP contribution < -0.4 is 4.74 Å². The molecule has 1 aromatic rings. The summed E-state index contributed by atoms with van der Waals surface area (Å²) in [5.74, 6) is 1.01. The summed E-state index contributed by atoms with van der Waals surface area (Å²) < 4.78 is 11.8. The average Bonchev–Trinajstić information content (AvgIpc) is 3.33. The molecule has 1 aromatic carbocycles. The largest absolute Gasteiger partial charge is 0.494 e. The maximum Gasteiger partial charge on any atom is 0.119 e. The standard InChI is InChI=1S/C26H43N3O2/c1-2-12-27-16-18-29(19-17-27)23-26(10-21-30-22-11-26)24-6-8-25(9-7-24)31-20-5-15-28-13-3-4-14-28/h6-9H,2-5,10-23H2,1H3. The van der Waals surface area contributed by atoms with E-state index in [-0.39, 0.29) is 5.41 Å². The van der Waals surface area contributed by atoms with Gasteiger partial charge in [0.25, 0.3) is 0 Å². The molecule has 0 spiro atoms. The summed E-state index contributed by atoms with van der Waals surface area (Å²) in [5, 5.41) is 0. The van der Waals surface area contributed by atoms with Gasteiger partial charge in [-0.1, -0.05) is 19.1 Å². The minimum Gasteiger partial charge on any atom is -0.494 e. The summed E-state index contributed by atoms with van der Waals surface area (Å²) in [4.78, 5) is 7.87. The molecule has 0 radical (unpaired) electrons. The number of hydrogen-bond acceptors (Lipinski definition) is 5. The Morgan fingerprint density at radius 1 is 0.839 bits per heavy atom. The summed E-state index contributed by atoms with van der Waals surface area (Å²) in [5.41, 5.74) is 1.69. The zero-order chi connectivity index (χ0) is 21.4. The van der Waals surface area contributed by atoms with Crippen molar-refractivity contribution in [1.82, 2.24) is 14.7 Å². The molecule has 5 nitrogen and oxygen atoms in total. The van der Waals surface area contributed by atoms with Gasteiger partial charge in [0.2, 0.25) is 0 Å². The number of likely N-dealkylation sites (tertiary alicyclic amines) is 1. The van der Waals surface area contributed by atoms with E-state index < -0.39 is 0 Å². The van der Waals surface area contributed by atoms with Crippen LogP contribution in [0.3, 0.4) is 0 Å². The molecule has 0 bridgehead atoms. The van der Waals surface area contributed by atoms with E-state index in [2.05, 4.69) is 45.9 Å². The van der Waals surface area contributed by atoms with Gasteiger partial charge in [-0.15, -0.1) is 0 Å². The third kappa shape index (κ3) is 6.44. The summed E-state index contributed by atoms with van der Waals surface area (Å²) in [6.07, 6.45) is 7.35. The van der Waals surface area contributed by atoms with Gasteiger partial charge in [0.1, 0.15) is 5.75 Å². The molecule has 0 aliphatic carbocycles. The van der Waals surface area contributed by atoms with Crippen molar-refractivity contribution in [2.45, 2.75) is 50.9 Å². The average molecular weight is 430 g/mol. The van der Waals surface area contributed by atoms with E-state index in [1.54, 1.807) is 0 Å². The first-order valence-corrected chi connectivity index (χ1v) is 12.8. The summed E-state index contributed by atoms with van der Waals surface area (Å²) >= 11 is 0. The van der Waals surface area contributed by atoms with Gasteiger partial charge in [-0.25, -0.2) is 0 Å². The van der Waals surface area contributed by atoms with Crippen LogP contribution in [0.25, 0.3) is 0 Å². The van der Waals surface area contributed by atoms with Crippen LogP contribution in [0.5, 0.6) is 5.75 Å². The van der Waals surface area contributed by atoms with E-state index in [9.17, 15) is 0 Å². The smallest absolute Gasteiger partial charge is 0.119 e. The lowest BCUT2D eigenvalue weighted by Crippen LogP contribution is -2.52. The van der Waals surface area contributed by atoms with E-state index in [0.717, 1.165) is 51.4 Å². The van der Waals surface area contributed by atoms with Crippen molar-refractivity contribution in [1.29, 1.82) is 0 Å².